The molecule has 0 aliphatic rings. The fourth-order valence-electron chi connectivity index (χ4n) is 1.43. The van der Waals surface area contributed by atoms with Gasteiger partial charge < -0.3 is 10.6 Å². The standard InChI is InChI=1S/C13H21N3O/c1-4-11(3)16-13(17)9-14-8-12-10(2)6-5-7-15-12/h5-7,11,14H,4,8-9H2,1-3H3,(H,16,17). The summed E-state index contributed by atoms with van der Waals surface area (Å²) >= 11 is 0. The molecule has 1 aromatic rings. The predicted molar refractivity (Wildman–Crippen MR) is 68.6 cm³/mol. The number of aromatic nitrogens is 1. The van der Waals surface area contributed by atoms with Crippen LogP contribution in [0.4, 0.5) is 0 Å². The first-order chi connectivity index (χ1) is 8.13. The molecule has 1 amide bonds. The molecule has 0 spiro atoms. The molecule has 0 saturated heterocycles. The highest BCUT2D eigenvalue weighted by atomic mass is 16.1. The van der Waals surface area contributed by atoms with Gasteiger partial charge in [0.1, 0.15) is 0 Å². The highest BCUT2D eigenvalue weighted by molar-refractivity contribution is 5.78. The summed E-state index contributed by atoms with van der Waals surface area (Å²) in [6, 6.07) is 4.17. The monoisotopic (exact) mass is 235 g/mol. The molecule has 1 atom stereocenters. The first kappa shape index (κ1) is 13.6. The van der Waals surface area contributed by atoms with E-state index < -0.39 is 0 Å². The molecule has 1 unspecified atom stereocenters. The van der Waals surface area contributed by atoms with Gasteiger partial charge in [0.15, 0.2) is 0 Å². The average Bonchev–Trinajstić information content (AvgIpc) is 2.31. The van der Waals surface area contributed by atoms with E-state index in [2.05, 4.69) is 22.5 Å². The lowest BCUT2D eigenvalue weighted by molar-refractivity contribution is -0.120. The minimum Gasteiger partial charge on any atom is -0.353 e. The van der Waals surface area contributed by atoms with E-state index in [1.165, 1.54) is 0 Å². The summed E-state index contributed by atoms with van der Waals surface area (Å²) in [6.45, 7) is 7.03. The van der Waals surface area contributed by atoms with E-state index in [1.807, 2.05) is 26.0 Å². The van der Waals surface area contributed by atoms with Crippen LogP contribution in [0.2, 0.25) is 0 Å². The average molecular weight is 235 g/mol. The number of carbonyl (C=O) groups excluding carboxylic acids is 1. The van der Waals surface area contributed by atoms with E-state index >= 15 is 0 Å². The van der Waals surface area contributed by atoms with E-state index in [0.717, 1.165) is 17.7 Å². The highest BCUT2D eigenvalue weighted by Gasteiger charge is 2.05. The van der Waals surface area contributed by atoms with Crippen molar-refractivity contribution >= 4 is 5.91 Å². The Morgan fingerprint density at radius 3 is 2.94 bits per heavy atom. The molecule has 17 heavy (non-hydrogen) atoms. The molecule has 0 saturated carbocycles. The molecule has 4 nitrogen and oxygen atoms in total. The lowest BCUT2D eigenvalue weighted by Crippen LogP contribution is -2.38. The molecule has 0 aromatic carbocycles. The Balaban J connectivity index is 2.29. The summed E-state index contributed by atoms with van der Waals surface area (Å²) in [5.74, 6) is 0.0351. The number of hydrogen-bond acceptors (Lipinski definition) is 3. The Kier molecular flexibility index (Phi) is 5.63. The van der Waals surface area contributed by atoms with E-state index in [0.29, 0.717) is 13.1 Å². The van der Waals surface area contributed by atoms with Crippen LogP contribution < -0.4 is 10.6 Å². The Hall–Kier alpha value is -1.42. The van der Waals surface area contributed by atoms with Gasteiger partial charge in [-0.2, -0.15) is 0 Å². The largest absolute Gasteiger partial charge is 0.353 e. The van der Waals surface area contributed by atoms with Gasteiger partial charge in [-0.1, -0.05) is 13.0 Å². The van der Waals surface area contributed by atoms with E-state index in [9.17, 15) is 4.79 Å². The Labute approximate surface area is 103 Å². The van der Waals surface area contributed by atoms with Crippen molar-refractivity contribution < 1.29 is 4.79 Å². The minimum absolute atomic E-state index is 0.0351. The fraction of sp³-hybridized carbons (Fsp3) is 0.538. The highest BCUT2D eigenvalue weighted by Crippen LogP contribution is 2.01. The zero-order valence-corrected chi connectivity index (χ0v) is 10.8. The second-order valence-electron chi connectivity index (χ2n) is 4.25. The van der Waals surface area contributed by atoms with Crippen molar-refractivity contribution in [2.24, 2.45) is 0 Å². The van der Waals surface area contributed by atoms with Gasteiger partial charge in [0.05, 0.1) is 12.2 Å². The molecule has 2 N–H and O–H groups in total. The molecule has 0 aliphatic carbocycles. The van der Waals surface area contributed by atoms with Crippen LogP contribution in [0, 0.1) is 6.92 Å². The number of aryl methyl sites for hydroxylation is 1. The van der Waals surface area contributed by atoms with Crippen LogP contribution in [-0.2, 0) is 11.3 Å². The van der Waals surface area contributed by atoms with Crippen molar-refractivity contribution in [3.63, 3.8) is 0 Å². The summed E-state index contributed by atoms with van der Waals surface area (Å²) in [5.41, 5.74) is 2.13. The third-order valence-electron chi connectivity index (χ3n) is 2.72. The molecule has 0 radical (unpaired) electrons. The SMILES string of the molecule is CCC(C)NC(=O)CNCc1ncccc1C. The third kappa shape index (κ3) is 4.95. The van der Waals surface area contributed by atoms with Gasteiger partial charge in [-0.15, -0.1) is 0 Å². The van der Waals surface area contributed by atoms with Crippen LogP contribution in [0.15, 0.2) is 18.3 Å². The number of hydrogen-bond donors (Lipinski definition) is 2. The Morgan fingerprint density at radius 2 is 2.29 bits per heavy atom. The lowest BCUT2D eigenvalue weighted by atomic mass is 10.2. The van der Waals surface area contributed by atoms with E-state index in [4.69, 9.17) is 0 Å². The number of amides is 1. The van der Waals surface area contributed by atoms with E-state index in [1.54, 1.807) is 6.20 Å². The smallest absolute Gasteiger partial charge is 0.234 e. The minimum atomic E-state index is 0.0351. The summed E-state index contributed by atoms with van der Waals surface area (Å²) in [4.78, 5) is 15.8. The zero-order valence-electron chi connectivity index (χ0n) is 10.8. The second kappa shape index (κ2) is 7.01. The molecule has 1 rings (SSSR count). The molecule has 4 heteroatoms. The van der Waals surface area contributed by atoms with Crippen LogP contribution in [0.1, 0.15) is 31.5 Å². The summed E-state index contributed by atoms with van der Waals surface area (Å²) < 4.78 is 0. The lowest BCUT2D eigenvalue weighted by Gasteiger charge is -2.12. The van der Waals surface area contributed by atoms with Crippen LogP contribution in [0.3, 0.4) is 0 Å². The van der Waals surface area contributed by atoms with Crippen molar-refractivity contribution in [2.75, 3.05) is 6.54 Å². The van der Waals surface area contributed by atoms with E-state index in [-0.39, 0.29) is 11.9 Å². The van der Waals surface area contributed by atoms with Crippen LogP contribution in [-0.4, -0.2) is 23.5 Å². The second-order valence-corrected chi connectivity index (χ2v) is 4.25. The van der Waals surface area contributed by atoms with Crippen molar-refractivity contribution in [3.8, 4) is 0 Å². The molecule has 1 heterocycles. The molecule has 1 aromatic heterocycles. The van der Waals surface area contributed by atoms with Crippen molar-refractivity contribution in [3.05, 3.63) is 29.6 Å². The van der Waals surface area contributed by atoms with Gasteiger partial charge in [-0.05, 0) is 31.9 Å². The maximum atomic E-state index is 11.5. The molecule has 94 valence electrons. The molecule has 0 aliphatic heterocycles. The predicted octanol–water partition coefficient (Wildman–Crippen LogP) is 1.39. The molecule has 0 bridgehead atoms. The number of pyridine rings is 1. The molecular formula is C13H21N3O. The van der Waals surface area contributed by atoms with Crippen LogP contribution >= 0.6 is 0 Å². The zero-order chi connectivity index (χ0) is 12.7. The molecule has 0 fully saturated rings. The first-order valence-corrected chi connectivity index (χ1v) is 6.04. The summed E-state index contributed by atoms with van der Waals surface area (Å²) in [5, 5.41) is 6.01. The Bertz CT molecular complexity index is 365. The van der Waals surface area contributed by atoms with Gasteiger partial charge in [-0.3, -0.25) is 9.78 Å². The quantitative estimate of drug-likeness (QED) is 0.783. The summed E-state index contributed by atoms with van der Waals surface area (Å²) in [7, 11) is 0. The van der Waals surface area contributed by atoms with Crippen LogP contribution in [0.5, 0.6) is 0 Å². The van der Waals surface area contributed by atoms with Crippen molar-refractivity contribution in [1.82, 2.24) is 15.6 Å². The number of rotatable bonds is 6. The van der Waals surface area contributed by atoms with Gasteiger partial charge in [-0.25, -0.2) is 0 Å². The molecular weight excluding hydrogens is 214 g/mol. The first-order valence-electron chi connectivity index (χ1n) is 6.04. The fourth-order valence-corrected chi connectivity index (χ4v) is 1.43. The van der Waals surface area contributed by atoms with Crippen molar-refractivity contribution in [1.29, 1.82) is 0 Å². The third-order valence-corrected chi connectivity index (χ3v) is 2.72. The van der Waals surface area contributed by atoms with Gasteiger partial charge in [0, 0.05) is 18.8 Å². The van der Waals surface area contributed by atoms with Crippen LogP contribution in [0.25, 0.3) is 0 Å². The number of carbonyl (C=O) groups is 1. The van der Waals surface area contributed by atoms with Gasteiger partial charge in [0.2, 0.25) is 5.91 Å². The maximum Gasteiger partial charge on any atom is 0.234 e. The summed E-state index contributed by atoms with van der Waals surface area (Å²) in [6.07, 6.45) is 2.72. The topological polar surface area (TPSA) is 54.0 Å². The number of nitrogens with zero attached hydrogens (tertiary/aromatic N) is 1. The van der Waals surface area contributed by atoms with Gasteiger partial charge in [0.25, 0.3) is 0 Å². The normalized spacial score (nSPS) is 12.2. The van der Waals surface area contributed by atoms with Gasteiger partial charge >= 0.3 is 0 Å². The Morgan fingerprint density at radius 1 is 1.53 bits per heavy atom. The van der Waals surface area contributed by atoms with Crippen molar-refractivity contribution in [2.45, 2.75) is 39.8 Å². The maximum absolute atomic E-state index is 11.5. The number of nitrogens with one attached hydrogen (secondary N) is 2.